The van der Waals surface area contributed by atoms with Crippen molar-refractivity contribution in [3.05, 3.63) is 35.9 Å². The van der Waals surface area contributed by atoms with Gasteiger partial charge in [-0.25, -0.2) is 4.98 Å². The summed E-state index contributed by atoms with van der Waals surface area (Å²) in [4.78, 5) is 30.5. The summed E-state index contributed by atoms with van der Waals surface area (Å²) in [5.74, 6) is 1.67. The Balaban J connectivity index is 1.60. The van der Waals surface area contributed by atoms with Gasteiger partial charge in [0, 0.05) is 6.54 Å². The van der Waals surface area contributed by atoms with E-state index in [1.807, 2.05) is 32.0 Å². The van der Waals surface area contributed by atoms with E-state index in [1.165, 1.54) is 4.90 Å². The molecule has 31 heavy (non-hydrogen) atoms. The van der Waals surface area contributed by atoms with Gasteiger partial charge in [0.15, 0.2) is 29.2 Å². The second-order valence-electron chi connectivity index (χ2n) is 6.99. The van der Waals surface area contributed by atoms with Crippen molar-refractivity contribution in [3.8, 4) is 17.2 Å². The first-order chi connectivity index (χ1) is 14.9. The molecule has 9 heteroatoms. The molecule has 3 N–H and O–H groups in total. The Bertz CT molecular complexity index is 949. The van der Waals surface area contributed by atoms with Gasteiger partial charge in [-0.15, -0.1) is 0 Å². The van der Waals surface area contributed by atoms with Gasteiger partial charge < -0.3 is 25.3 Å². The van der Waals surface area contributed by atoms with E-state index in [2.05, 4.69) is 10.3 Å². The summed E-state index contributed by atoms with van der Waals surface area (Å²) in [6, 6.07) is 8.96. The summed E-state index contributed by atoms with van der Waals surface area (Å²) in [7, 11) is 0. The zero-order valence-corrected chi connectivity index (χ0v) is 18.0. The lowest BCUT2D eigenvalue weighted by atomic mass is 10.1. The number of carbonyl (C=O) groups excluding carboxylic acids is 2. The molecule has 166 valence electrons. The number of amides is 2. The third-order valence-corrected chi connectivity index (χ3v) is 4.68. The molecule has 3 rings (SSSR count). The lowest BCUT2D eigenvalue weighted by Crippen LogP contribution is -2.49. The van der Waals surface area contributed by atoms with Crippen LogP contribution in [-0.4, -0.2) is 49.2 Å². The number of anilines is 2. The molecule has 2 aromatic rings. The van der Waals surface area contributed by atoms with Gasteiger partial charge >= 0.3 is 0 Å². The first-order valence-electron chi connectivity index (χ1n) is 10.3. The molecule has 2 heterocycles. The van der Waals surface area contributed by atoms with Crippen molar-refractivity contribution < 1.29 is 23.8 Å². The third-order valence-electron chi connectivity index (χ3n) is 4.68. The van der Waals surface area contributed by atoms with E-state index < -0.39 is 6.10 Å². The molecule has 1 aromatic heterocycles. The van der Waals surface area contributed by atoms with Gasteiger partial charge in [-0.2, -0.15) is 0 Å². The number of hydrogen-bond acceptors (Lipinski definition) is 7. The number of pyridine rings is 1. The fraction of sp³-hybridized carbons (Fsp3) is 0.409. The fourth-order valence-corrected chi connectivity index (χ4v) is 3.25. The maximum absolute atomic E-state index is 12.5. The van der Waals surface area contributed by atoms with Crippen LogP contribution in [0.1, 0.15) is 26.3 Å². The Labute approximate surface area is 181 Å². The number of nitrogen functional groups attached to an aromatic ring is 1. The summed E-state index contributed by atoms with van der Waals surface area (Å²) in [5, 5.41) is 2.85. The highest BCUT2D eigenvalue weighted by molar-refractivity contribution is 6.02. The van der Waals surface area contributed by atoms with Crippen molar-refractivity contribution in [1.29, 1.82) is 0 Å². The predicted octanol–water partition coefficient (Wildman–Crippen LogP) is 1.93. The van der Waals surface area contributed by atoms with Crippen LogP contribution < -0.4 is 30.2 Å². The largest absolute Gasteiger partial charge is 0.490 e. The smallest absolute Gasteiger partial charge is 0.269 e. The molecule has 1 unspecified atom stereocenters. The highest BCUT2D eigenvalue weighted by Crippen LogP contribution is 2.32. The lowest BCUT2D eigenvalue weighted by Gasteiger charge is -2.31. The van der Waals surface area contributed by atoms with Crippen molar-refractivity contribution in [2.45, 2.75) is 33.3 Å². The molecule has 1 aromatic carbocycles. The predicted molar refractivity (Wildman–Crippen MR) is 117 cm³/mol. The van der Waals surface area contributed by atoms with Gasteiger partial charge in [-0.1, -0.05) is 6.07 Å². The molecule has 0 fully saturated rings. The van der Waals surface area contributed by atoms with Crippen LogP contribution in [0, 0.1) is 0 Å². The zero-order valence-electron chi connectivity index (χ0n) is 18.0. The summed E-state index contributed by atoms with van der Waals surface area (Å²) >= 11 is 0. The second kappa shape index (κ2) is 10.0. The molecule has 1 aliphatic rings. The van der Waals surface area contributed by atoms with Gasteiger partial charge in [0.05, 0.1) is 13.2 Å². The van der Waals surface area contributed by atoms with E-state index in [0.29, 0.717) is 43.4 Å². The van der Waals surface area contributed by atoms with Crippen LogP contribution >= 0.6 is 0 Å². The average Bonchev–Trinajstić information content (AvgIpc) is 2.74. The molecule has 0 bridgehead atoms. The molecule has 0 spiro atoms. The molecule has 0 saturated heterocycles. The van der Waals surface area contributed by atoms with Crippen LogP contribution in [0.3, 0.4) is 0 Å². The van der Waals surface area contributed by atoms with Crippen LogP contribution in [0.2, 0.25) is 0 Å². The number of aromatic nitrogens is 1. The topological polar surface area (TPSA) is 116 Å². The SMILES string of the molecule is CCOc1ccc(CCNC(=O)CN2C(=O)C(C)Oc3ccc(N)nc32)cc1OCC. The molecule has 9 nitrogen and oxygen atoms in total. The molecule has 2 amide bonds. The zero-order chi connectivity index (χ0) is 22.4. The van der Waals surface area contributed by atoms with E-state index in [4.69, 9.17) is 19.9 Å². The number of ether oxygens (including phenoxy) is 3. The van der Waals surface area contributed by atoms with Gasteiger partial charge in [-0.05, 0) is 57.0 Å². The Hall–Kier alpha value is -3.49. The Morgan fingerprint density at radius 3 is 2.68 bits per heavy atom. The minimum Gasteiger partial charge on any atom is -0.490 e. The Morgan fingerprint density at radius 1 is 1.19 bits per heavy atom. The quantitative estimate of drug-likeness (QED) is 0.627. The molecule has 1 atom stereocenters. The van der Waals surface area contributed by atoms with E-state index in [0.717, 1.165) is 5.56 Å². The number of nitrogens with one attached hydrogen (secondary N) is 1. The van der Waals surface area contributed by atoms with E-state index in [9.17, 15) is 9.59 Å². The van der Waals surface area contributed by atoms with Gasteiger partial charge in [-0.3, -0.25) is 14.5 Å². The molecular weight excluding hydrogens is 400 g/mol. The lowest BCUT2D eigenvalue weighted by molar-refractivity contribution is -0.128. The minimum atomic E-state index is -0.702. The van der Waals surface area contributed by atoms with E-state index >= 15 is 0 Å². The van der Waals surface area contributed by atoms with Crippen molar-refractivity contribution in [3.63, 3.8) is 0 Å². The first kappa shape index (κ1) is 22.2. The van der Waals surface area contributed by atoms with Crippen LogP contribution in [0.25, 0.3) is 0 Å². The average molecular weight is 428 g/mol. The standard InChI is InChI=1S/C22H28N4O5/c1-4-29-16-7-6-15(12-18(16)30-5-2)10-11-24-20(27)13-26-21-17(8-9-19(23)25-21)31-14(3)22(26)28/h6-9,12,14H,4-5,10-11,13H2,1-3H3,(H2,23,25)(H,24,27). The molecule has 0 aliphatic carbocycles. The van der Waals surface area contributed by atoms with Crippen LogP contribution in [-0.2, 0) is 16.0 Å². The van der Waals surface area contributed by atoms with Crippen LogP contribution in [0.4, 0.5) is 11.6 Å². The fourth-order valence-electron chi connectivity index (χ4n) is 3.25. The van der Waals surface area contributed by atoms with Crippen LogP contribution in [0.15, 0.2) is 30.3 Å². The number of benzene rings is 1. The molecule has 1 aliphatic heterocycles. The number of fused-ring (bicyclic) bond motifs is 1. The van der Waals surface area contributed by atoms with Gasteiger partial charge in [0.25, 0.3) is 5.91 Å². The third kappa shape index (κ3) is 5.36. The van der Waals surface area contributed by atoms with Gasteiger partial charge in [0.2, 0.25) is 5.91 Å². The number of nitrogens with zero attached hydrogens (tertiary/aromatic N) is 2. The summed E-state index contributed by atoms with van der Waals surface area (Å²) in [6.45, 7) is 6.80. The van der Waals surface area contributed by atoms with Crippen LogP contribution in [0.5, 0.6) is 17.2 Å². The molecule has 0 saturated carbocycles. The molecular formula is C22H28N4O5. The Morgan fingerprint density at radius 2 is 1.94 bits per heavy atom. The van der Waals surface area contributed by atoms with Crippen molar-refractivity contribution in [2.24, 2.45) is 0 Å². The number of hydrogen-bond donors (Lipinski definition) is 2. The summed E-state index contributed by atoms with van der Waals surface area (Å²) in [6.07, 6.45) is -0.0976. The maximum Gasteiger partial charge on any atom is 0.269 e. The highest BCUT2D eigenvalue weighted by atomic mass is 16.5. The molecule has 0 radical (unpaired) electrons. The number of nitrogens with two attached hydrogens (primary N) is 1. The minimum absolute atomic E-state index is 0.163. The first-order valence-corrected chi connectivity index (χ1v) is 10.3. The monoisotopic (exact) mass is 428 g/mol. The maximum atomic E-state index is 12.5. The summed E-state index contributed by atoms with van der Waals surface area (Å²) in [5.41, 5.74) is 6.74. The summed E-state index contributed by atoms with van der Waals surface area (Å²) < 4.78 is 16.8. The van der Waals surface area contributed by atoms with Crippen molar-refractivity contribution >= 4 is 23.5 Å². The van der Waals surface area contributed by atoms with Crippen molar-refractivity contribution in [2.75, 3.05) is 36.9 Å². The van der Waals surface area contributed by atoms with Crippen molar-refractivity contribution in [1.82, 2.24) is 10.3 Å². The van der Waals surface area contributed by atoms with E-state index in [1.54, 1.807) is 19.1 Å². The Kier molecular flexibility index (Phi) is 7.17. The van der Waals surface area contributed by atoms with E-state index in [-0.39, 0.29) is 30.0 Å². The normalized spacial score (nSPS) is 15.1. The number of carbonyl (C=O) groups is 2. The highest BCUT2D eigenvalue weighted by Gasteiger charge is 2.34. The number of rotatable bonds is 9. The second-order valence-corrected chi connectivity index (χ2v) is 6.99. The van der Waals surface area contributed by atoms with Gasteiger partial charge in [0.1, 0.15) is 12.4 Å².